The van der Waals surface area contributed by atoms with Crippen LogP contribution < -0.4 is 0 Å². The molecule has 0 aliphatic rings. The second-order valence-corrected chi connectivity index (χ2v) is 5.77. The van der Waals surface area contributed by atoms with Gasteiger partial charge in [-0.25, -0.2) is 9.97 Å². The second kappa shape index (κ2) is 5.06. The summed E-state index contributed by atoms with van der Waals surface area (Å²) in [6, 6.07) is 18.6. The Morgan fingerprint density at radius 1 is 0.875 bits per heavy atom. The molecule has 24 heavy (non-hydrogen) atoms. The molecule has 0 spiro atoms. The molecule has 4 heteroatoms. The van der Waals surface area contributed by atoms with Crippen molar-refractivity contribution in [2.75, 3.05) is 0 Å². The van der Waals surface area contributed by atoms with Gasteiger partial charge in [-0.1, -0.05) is 30.3 Å². The summed E-state index contributed by atoms with van der Waals surface area (Å²) in [4.78, 5) is 12.4. The number of rotatable bonds is 2. The van der Waals surface area contributed by atoms with E-state index in [0.29, 0.717) is 0 Å². The molecule has 4 aromatic heterocycles. The van der Waals surface area contributed by atoms with Crippen molar-refractivity contribution in [2.45, 2.75) is 0 Å². The Morgan fingerprint density at radius 3 is 2.71 bits per heavy atom. The number of fused-ring (bicyclic) bond motifs is 2. The molecule has 0 saturated heterocycles. The van der Waals surface area contributed by atoms with Crippen molar-refractivity contribution in [3.05, 3.63) is 79.4 Å². The Hall–Kier alpha value is -3.40. The average Bonchev–Trinajstić information content (AvgIpc) is 3.27. The zero-order chi connectivity index (χ0) is 15.9. The summed E-state index contributed by atoms with van der Waals surface area (Å²) in [5.74, 6) is 0. The monoisotopic (exact) mass is 310 g/mol. The van der Waals surface area contributed by atoms with Crippen LogP contribution in [-0.2, 0) is 0 Å². The van der Waals surface area contributed by atoms with E-state index in [1.165, 1.54) is 0 Å². The highest BCUT2D eigenvalue weighted by atomic mass is 15.0. The van der Waals surface area contributed by atoms with Crippen molar-refractivity contribution in [2.24, 2.45) is 0 Å². The highest BCUT2D eigenvalue weighted by molar-refractivity contribution is 5.94. The minimum absolute atomic E-state index is 0.900. The van der Waals surface area contributed by atoms with Crippen molar-refractivity contribution in [3.8, 4) is 22.4 Å². The number of hydrogen-bond donors (Lipinski definition) is 1. The quantitative estimate of drug-likeness (QED) is 0.520. The lowest BCUT2D eigenvalue weighted by atomic mass is 10.1. The summed E-state index contributed by atoms with van der Waals surface area (Å²) >= 11 is 0. The molecule has 0 aliphatic carbocycles. The van der Waals surface area contributed by atoms with Crippen molar-refractivity contribution in [3.63, 3.8) is 0 Å². The molecular formula is C20H14N4. The molecule has 0 unspecified atom stereocenters. The lowest BCUT2D eigenvalue weighted by Crippen LogP contribution is -1.86. The molecule has 5 rings (SSSR count). The number of aromatic amines is 1. The summed E-state index contributed by atoms with van der Waals surface area (Å²) in [6.45, 7) is 0. The van der Waals surface area contributed by atoms with Crippen LogP contribution in [0.3, 0.4) is 0 Å². The first-order valence-corrected chi connectivity index (χ1v) is 7.85. The van der Waals surface area contributed by atoms with Gasteiger partial charge in [-0.15, -0.1) is 0 Å². The molecule has 0 saturated carbocycles. The fraction of sp³-hybridized carbons (Fsp3) is 0. The molecule has 0 fully saturated rings. The predicted molar refractivity (Wildman–Crippen MR) is 95.7 cm³/mol. The third-order valence-electron chi connectivity index (χ3n) is 4.31. The minimum atomic E-state index is 0.900. The highest BCUT2D eigenvalue weighted by Gasteiger charge is 2.09. The summed E-state index contributed by atoms with van der Waals surface area (Å²) < 4.78 is 2.03. The van der Waals surface area contributed by atoms with E-state index in [-0.39, 0.29) is 0 Å². The summed E-state index contributed by atoms with van der Waals surface area (Å²) in [5, 5.41) is 1.12. The Bertz CT molecular complexity index is 1150. The number of imidazole rings is 1. The van der Waals surface area contributed by atoms with E-state index in [4.69, 9.17) is 4.98 Å². The molecular weight excluding hydrogens is 296 g/mol. The third kappa shape index (κ3) is 2.01. The van der Waals surface area contributed by atoms with Crippen molar-refractivity contribution in [1.82, 2.24) is 19.4 Å². The average molecular weight is 310 g/mol. The van der Waals surface area contributed by atoms with E-state index in [2.05, 4.69) is 46.5 Å². The summed E-state index contributed by atoms with van der Waals surface area (Å²) in [6.07, 6.45) is 7.88. The first kappa shape index (κ1) is 13.1. The summed E-state index contributed by atoms with van der Waals surface area (Å²) in [7, 11) is 0. The maximum absolute atomic E-state index is 4.77. The SMILES string of the molecule is c1ccc(-c2ccc3c(-c4ccc5nccn5c4)c[nH]c3n2)cc1. The van der Waals surface area contributed by atoms with Crippen LogP contribution in [0.2, 0.25) is 0 Å². The number of pyridine rings is 2. The van der Waals surface area contributed by atoms with Gasteiger partial charge in [0.2, 0.25) is 0 Å². The van der Waals surface area contributed by atoms with E-state index in [1.54, 1.807) is 0 Å². The maximum atomic E-state index is 4.77. The van der Waals surface area contributed by atoms with Crippen LogP contribution in [0.15, 0.2) is 79.4 Å². The zero-order valence-corrected chi connectivity index (χ0v) is 12.8. The van der Waals surface area contributed by atoms with Gasteiger partial charge in [0.15, 0.2) is 0 Å². The van der Waals surface area contributed by atoms with Gasteiger partial charge < -0.3 is 9.38 Å². The molecule has 0 amide bonds. The first-order valence-electron chi connectivity index (χ1n) is 7.85. The third-order valence-corrected chi connectivity index (χ3v) is 4.31. The largest absolute Gasteiger partial charge is 0.345 e. The van der Waals surface area contributed by atoms with Gasteiger partial charge in [0.05, 0.1) is 5.69 Å². The van der Waals surface area contributed by atoms with E-state index in [0.717, 1.165) is 39.1 Å². The van der Waals surface area contributed by atoms with Gasteiger partial charge in [-0.2, -0.15) is 0 Å². The number of nitrogens with one attached hydrogen (secondary N) is 1. The van der Waals surface area contributed by atoms with Gasteiger partial charge in [0, 0.05) is 46.9 Å². The standard InChI is InChI=1S/C20H14N4/c1-2-4-14(5-3-1)18-8-7-16-17(12-22-20(16)23-18)15-6-9-19-21-10-11-24(19)13-15/h1-13H,(H,22,23). The number of aromatic nitrogens is 4. The topological polar surface area (TPSA) is 46.0 Å². The van der Waals surface area contributed by atoms with E-state index >= 15 is 0 Å². The van der Waals surface area contributed by atoms with Gasteiger partial charge in [-0.3, -0.25) is 0 Å². The number of H-pyrrole nitrogens is 1. The van der Waals surface area contributed by atoms with Crippen LogP contribution in [0.4, 0.5) is 0 Å². The van der Waals surface area contributed by atoms with Crippen molar-refractivity contribution >= 4 is 16.7 Å². The molecule has 5 aromatic rings. The van der Waals surface area contributed by atoms with Crippen LogP contribution in [0.5, 0.6) is 0 Å². The smallest absolute Gasteiger partial charge is 0.138 e. The Labute approximate surface area is 138 Å². The molecule has 0 radical (unpaired) electrons. The Balaban J connectivity index is 1.65. The van der Waals surface area contributed by atoms with Crippen LogP contribution in [0.25, 0.3) is 39.1 Å². The molecule has 4 nitrogen and oxygen atoms in total. The van der Waals surface area contributed by atoms with Crippen molar-refractivity contribution in [1.29, 1.82) is 0 Å². The molecule has 1 N–H and O–H groups in total. The van der Waals surface area contributed by atoms with Gasteiger partial charge in [0.25, 0.3) is 0 Å². The lowest BCUT2D eigenvalue weighted by Gasteiger charge is -2.03. The molecule has 0 aliphatic heterocycles. The Morgan fingerprint density at radius 2 is 1.79 bits per heavy atom. The van der Waals surface area contributed by atoms with Crippen LogP contribution in [-0.4, -0.2) is 19.4 Å². The number of hydrogen-bond acceptors (Lipinski definition) is 2. The number of benzene rings is 1. The fourth-order valence-corrected chi connectivity index (χ4v) is 3.09. The predicted octanol–water partition coefficient (Wildman–Crippen LogP) is 4.54. The maximum Gasteiger partial charge on any atom is 0.138 e. The summed E-state index contributed by atoms with van der Waals surface area (Å²) in [5.41, 5.74) is 6.23. The van der Waals surface area contributed by atoms with Crippen LogP contribution in [0.1, 0.15) is 0 Å². The van der Waals surface area contributed by atoms with E-state index < -0.39 is 0 Å². The first-order chi connectivity index (χ1) is 11.9. The van der Waals surface area contributed by atoms with Crippen LogP contribution >= 0.6 is 0 Å². The zero-order valence-electron chi connectivity index (χ0n) is 12.8. The highest BCUT2D eigenvalue weighted by Crippen LogP contribution is 2.29. The molecule has 1 aromatic carbocycles. The minimum Gasteiger partial charge on any atom is -0.345 e. The van der Waals surface area contributed by atoms with Crippen LogP contribution in [0, 0.1) is 0 Å². The van der Waals surface area contributed by atoms with Crippen molar-refractivity contribution < 1.29 is 0 Å². The fourth-order valence-electron chi connectivity index (χ4n) is 3.09. The van der Waals surface area contributed by atoms with Gasteiger partial charge in [-0.05, 0) is 24.3 Å². The van der Waals surface area contributed by atoms with E-state index in [9.17, 15) is 0 Å². The molecule has 0 bridgehead atoms. The van der Waals surface area contributed by atoms with Gasteiger partial charge in [0.1, 0.15) is 11.3 Å². The molecule has 114 valence electrons. The molecule has 0 atom stereocenters. The second-order valence-electron chi connectivity index (χ2n) is 5.77. The normalized spacial score (nSPS) is 11.3. The number of nitrogens with zero attached hydrogens (tertiary/aromatic N) is 3. The Kier molecular flexibility index (Phi) is 2.76. The van der Waals surface area contributed by atoms with E-state index in [1.807, 2.05) is 47.3 Å². The van der Waals surface area contributed by atoms with Gasteiger partial charge >= 0.3 is 0 Å². The molecule has 4 heterocycles. The lowest BCUT2D eigenvalue weighted by molar-refractivity contribution is 1.19.